The Bertz CT molecular complexity index is 1320. The summed E-state index contributed by atoms with van der Waals surface area (Å²) in [7, 11) is 0. The number of ether oxygens (including phenoxy) is 1. The molecule has 0 aliphatic carbocycles. The van der Waals surface area contributed by atoms with Gasteiger partial charge in [0.2, 0.25) is 5.91 Å². The van der Waals surface area contributed by atoms with Crippen molar-refractivity contribution in [2.75, 3.05) is 39.4 Å². The number of carbonyl (C=O) groups excluding carboxylic acids is 1. The molecular formula is C28H28Cl2N4O2. The molecule has 0 spiro atoms. The Kier molecular flexibility index (Phi) is 7.87. The quantitative estimate of drug-likeness (QED) is 0.354. The number of hydrogen-bond acceptors (Lipinski definition) is 4. The van der Waals surface area contributed by atoms with E-state index in [1.54, 1.807) is 0 Å². The maximum atomic E-state index is 13.8. The van der Waals surface area contributed by atoms with Gasteiger partial charge in [-0.05, 0) is 35.4 Å². The first-order valence-electron chi connectivity index (χ1n) is 12.1. The molecule has 0 radical (unpaired) electrons. The maximum Gasteiger partial charge on any atom is 0.247 e. The molecule has 0 saturated carbocycles. The van der Waals surface area contributed by atoms with Crippen molar-refractivity contribution in [3.05, 3.63) is 99.8 Å². The average Bonchev–Trinajstić information content (AvgIpc) is 3.25. The molecule has 0 bridgehead atoms. The van der Waals surface area contributed by atoms with Gasteiger partial charge in [0.1, 0.15) is 11.9 Å². The maximum absolute atomic E-state index is 13.8. The molecule has 1 aliphatic heterocycles. The van der Waals surface area contributed by atoms with Crippen molar-refractivity contribution in [2.24, 2.45) is 0 Å². The minimum absolute atomic E-state index is 0.0795. The van der Waals surface area contributed by atoms with Gasteiger partial charge in [0, 0.05) is 42.6 Å². The lowest BCUT2D eigenvalue weighted by Gasteiger charge is -2.27. The SMILES string of the molecule is O=C(NCCN1CCOCC1)[C@@H](c1ccccc1)n1c(Cc2c(Cl)cccc2Cl)nc2ccccc21. The van der Waals surface area contributed by atoms with Gasteiger partial charge in [-0.1, -0.05) is 71.7 Å². The van der Waals surface area contributed by atoms with E-state index in [1.807, 2.05) is 77.4 Å². The zero-order valence-electron chi connectivity index (χ0n) is 19.9. The van der Waals surface area contributed by atoms with Crippen molar-refractivity contribution in [1.29, 1.82) is 0 Å². The standard InChI is InChI=1S/C28H28Cl2N4O2/c29-22-9-6-10-23(30)21(22)19-26-32-24-11-4-5-12-25(24)34(26)27(20-7-2-1-3-8-20)28(35)31-13-14-33-15-17-36-18-16-33/h1-12,27H,13-19H2,(H,31,35)/t27-/m1/s1. The normalized spacial score (nSPS) is 15.2. The number of halogens is 2. The average molecular weight is 523 g/mol. The third-order valence-electron chi connectivity index (χ3n) is 6.52. The summed E-state index contributed by atoms with van der Waals surface area (Å²) < 4.78 is 7.46. The van der Waals surface area contributed by atoms with Gasteiger partial charge in [0.15, 0.2) is 0 Å². The molecule has 0 unspecified atom stereocenters. The Morgan fingerprint density at radius 3 is 2.39 bits per heavy atom. The largest absolute Gasteiger partial charge is 0.379 e. The molecule has 186 valence electrons. The number of morpholine rings is 1. The number of hydrogen-bond donors (Lipinski definition) is 1. The van der Waals surface area contributed by atoms with Crippen LogP contribution in [-0.4, -0.2) is 59.8 Å². The van der Waals surface area contributed by atoms with Crippen LogP contribution in [-0.2, 0) is 16.0 Å². The second-order valence-electron chi connectivity index (χ2n) is 8.82. The van der Waals surface area contributed by atoms with E-state index in [-0.39, 0.29) is 5.91 Å². The van der Waals surface area contributed by atoms with E-state index < -0.39 is 6.04 Å². The number of nitrogens with zero attached hydrogens (tertiary/aromatic N) is 3. The molecule has 1 aromatic heterocycles. The highest BCUT2D eigenvalue weighted by atomic mass is 35.5. The van der Waals surface area contributed by atoms with Gasteiger partial charge in [0.05, 0.1) is 24.2 Å². The Morgan fingerprint density at radius 2 is 1.64 bits per heavy atom. The van der Waals surface area contributed by atoms with E-state index in [2.05, 4.69) is 10.2 Å². The summed E-state index contributed by atoms with van der Waals surface area (Å²) in [5.41, 5.74) is 3.37. The highest BCUT2D eigenvalue weighted by Gasteiger charge is 2.28. The molecule has 1 amide bonds. The molecule has 1 aliphatic rings. The highest BCUT2D eigenvalue weighted by molar-refractivity contribution is 6.36. The van der Waals surface area contributed by atoms with E-state index in [0.717, 1.165) is 60.8 Å². The summed E-state index contributed by atoms with van der Waals surface area (Å²) in [6, 6.07) is 22.6. The molecule has 1 N–H and O–H groups in total. The van der Waals surface area contributed by atoms with Crippen LogP contribution in [0.3, 0.4) is 0 Å². The Balaban J connectivity index is 1.52. The van der Waals surface area contributed by atoms with E-state index >= 15 is 0 Å². The molecule has 3 aromatic carbocycles. The van der Waals surface area contributed by atoms with Crippen LogP contribution in [0.25, 0.3) is 11.0 Å². The number of aromatic nitrogens is 2. The molecule has 36 heavy (non-hydrogen) atoms. The van der Waals surface area contributed by atoms with Gasteiger partial charge in [0.25, 0.3) is 0 Å². The summed E-state index contributed by atoms with van der Waals surface area (Å²) >= 11 is 13.0. The van der Waals surface area contributed by atoms with Crippen LogP contribution in [0.4, 0.5) is 0 Å². The summed E-state index contributed by atoms with van der Waals surface area (Å²) in [5, 5.41) is 4.33. The van der Waals surface area contributed by atoms with Gasteiger partial charge in [-0.15, -0.1) is 0 Å². The third-order valence-corrected chi connectivity index (χ3v) is 7.23. The lowest BCUT2D eigenvalue weighted by Crippen LogP contribution is -2.43. The summed E-state index contributed by atoms with van der Waals surface area (Å²) in [6.07, 6.45) is 0.400. The van der Waals surface area contributed by atoms with Gasteiger partial charge in [-0.3, -0.25) is 9.69 Å². The molecule has 2 heterocycles. The lowest BCUT2D eigenvalue weighted by molar-refractivity contribution is -0.123. The fraction of sp³-hybridized carbons (Fsp3) is 0.286. The molecule has 4 aromatic rings. The van der Waals surface area contributed by atoms with Crippen LogP contribution >= 0.6 is 23.2 Å². The van der Waals surface area contributed by atoms with Crippen molar-refractivity contribution in [2.45, 2.75) is 12.5 Å². The van der Waals surface area contributed by atoms with Gasteiger partial charge >= 0.3 is 0 Å². The van der Waals surface area contributed by atoms with Crippen molar-refractivity contribution in [3.63, 3.8) is 0 Å². The van der Waals surface area contributed by atoms with E-state index in [4.69, 9.17) is 32.9 Å². The zero-order chi connectivity index (χ0) is 24.9. The van der Waals surface area contributed by atoms with E-state index in [9.17, 15) is 4.79 Å². The molecule has 6 nitrogen and oxygen atoms in total. The molecule has 8 heteroatoms. The fourth-order valence-electron chi connectivity index (χ4n) is 4.68. The topological polar surface area (TPSA) is 59.4 Å². The number of carbonyl (C=O) groups is 1. The number of fused-ring (bicyclic) bond motifs is 1. The highest BCUT2D eigenvalue weighted by Crippen LogP contribution is 2.31. The molecular weight excluding hydrogens is 495 g/mol. The Morgan fingerprint density at radius 1 is 0.944 bits per heavy atom. The monoisotopic (exact) mass is 522 g/mol. The zero-order valence-corrected chi connectivity index (χ0v) is 21.4. The lowest BCUT2D eigenvalue weighted by atomic mass is 10.0. The molecule has 1 saturated heterocycles. The predicted molar refractivity (Wildman–Crippen MR) is 144 cm³/mol. The van der Waals surface area contributed by atoms with Gasteiger partial charge in [-0.2, -0.15) is 0 Å². The third kappa shape index (κ3) is 5.42. The van der Waals surface area contributed by atoms with Gasteiger partial charge in [-0.25, -0.2) is 4.98 Å². The number of imidazole rings is 1. The molecule has 5 rings (SSSR count). The number of rotatable bonds is 8. The molecule has 1 atom stereocenters. The predicted octanol–water partition coefficient (Wildman–Crippen LogP) is 4.97. The van der Waals surface area contributed by atoms with Crippen LogP contribution in [0.15, 0.2) is 72.8 Å². The second kappa shape index (κ2) is 11.4. The molecule has 1 fully saturated rings. The Labute approximate surface area is 220 Å². The van der Waals surface area contributed by atoms with Crippen LogP contribution in [0.5, 0.6) is 0 Å². The minimum Gasteiger partial charge on any atom is -0.379 e. The number of nitrogens with one attached hydrogen (secondary N) is 1. The van der Waals surface area contributed by atoms with E-state index in [1.165, 1.54) is 0 Å². The van der Waals surface area contributed by atoms with Crippen LogP contribution in [0, 0.1) is 0 Å². The van der Waals surface area contributed by atoms with E-state index in [0.29, 0.717) is 23.0 Å². The first-order valence-corrected chi connectivity index (χ1v) is 12.9. The first-order chi connectivity index (χ1) is 17.6. The first kappa shape index (κ1) is 24.8. The number of para-hydroxylation sites is 2. The summed E-state index contributed by atoms with van der Waals surface area (Å²) in [6.45, 7) is 4.56. The van der Waals surface area contributed by atoms with Crippen LogP contribution in [0.2, 0.25) is 10.0 Å². The van der Waals surface area contributed by atoms with Crippen molar-refractivity contribution >= 4 is 40.1 Å². The Hall–Kier alpha value is -2.90. The van der Waals surface area contributed by atoms with Gasteiger partial charge < -0.3 is 14.6 Å². The second-order valence-corrected chi connectivity index (χ2v) is 9.64. The number of benzene rings is 3. The fourth-order valence-corrected chi connectivity index (χ4v) is 5.21. The smallest absolute Gasteiger partial charge is 0.247 e. The van der Waals surface area contributed by atoms with Crippen molar-refractivity contribution in [3.8, 4) is 0 Å². The summed E-state index contributed by atoms with van der Waals surface area (Å²) in [4.78, 5) is 21.0. The van der Waals surface area contributed by atoms with Crippen molar-refractivity contribution < 1.29 is 9.53 Å². The van der Waals surface area contributed by atoms with Crippen molar-refractivity contribution in [1.82, 2.24) is 19.8 Å². The van der Waals surface area contributed by atoms with Crippen LogP contribution in [0.1, 0.15) is 23.0 Å². The summed E-state index contributed by atoms with van der Waals surface area (Å²) in [5.74, 6) is 0.646. The number of amides is 1. The van der Waals surface area contributed by atoms with Crippen LogP contribution < -0.4 is 5.32 Å². The minimum atomic E-state index is -0.598.